The summed E-state index contributed by atoms with van der Waals surface area (Å²) in [4.78, 5) is 14.3. The molecule has 2 rings (SSSR count). The minimum Gasteiger partial charge on any atom is -0.335 e. The number of hydrogen-bond acceptors (Lipinski definition) is 2. The van der Waals surface area contributed by atoms with E-state index in [9.17, 15) is 4.79 Å². The number of carbonyl (C=O) groups is 1. The smallest absolute Gasteiger partial charge is 0.211 e. The van der Waals surface area contributed by atoms with Crippen LogP contribution in [0.5, 0.6) is 0 Å². The molecule has 0 aliphatic carbocycles. The molecule has 0 radical (unpaired) electrons. The first-order valence-electron chi connectivity index (χ1n) is 4.61. The zero-order valence-electron chi connectivity index (χ0n) is 8.05. The van der Waals surface area contributed by atoms with Crippen LogP contribution in [0.1, 0.15) is 5.56 Å². The third kappa shape index (κ3) is 2.20. The summed E-state index contributed by atoms with van der Waals surface area (Å²) in [5.74, 6) is 0. The lowest BCUT2D eigenvalue weighted by Gasteiger charge is -1.97. The number of hydrogen-bond donors (Lipinski definition) is 1. The maximum Gasteiger partial charge on any atom is 0.211 e. The van der Waals surface area contributed by atoms with E-state index >= 15 is 0 Å². The Kier molecular flexibility index (Phi) is 2.74. The van der Waals surface area contributed by atoms with Crippen molar-refractivity contribution in [2.45, 2.75) is 0 Å². The van der Waals surface area contributed by atoms with Crippen molar-refractivity contribution in [3.8, 4) is 0 Å². The van der Waals surface area contributed by atoms with Crippen LogP contribution in [0.25, 0.3) is 17.0 Å². The van der Waals surface area contributed by atoms with Crippen molar-refractivity contribution in [2.24, 2.45) is 0 Å². The van der Waals surface area contributed by atoms with Gasteiger partial charge >= 0.3 is 0 Å². The summed E-state index contributed by atoms with van der Waals surface area (Å²) in [5, 5.41) is 3.54. The minimum absolute atomic E-state index is 0.630. The van der Waals surface area contributed by atoms with Gasteiger partial charge in [0.15, 0.2) is 0 Å². The van der Waals surface area contributed by atoms with E-state index < -0.39 is 0 Å². The molecule has 0 saturated carbocycles. The number of pyridine rings is 1. The fourth-order valence-corrected chi connectivity index (χ4v) is 1.36. The molecule has 2 aromatic rings. The standard InChI is InChI=1S/C12H10N2O/c15-9-13-6-5-10-7-11-3-1-2-4-12(11)14-8-10/h1-9H,(H,13,15)/b6-5+. The van der Waals surface area contributed by atoms with Crippen LogP contribution in [0.3, 0.4) is 0 Å². The van der Waals surface area contributed by atoms with Gasteiger partial charge in [-0.3, -0.25) is 9.78 Å². The second-order valence-corrected chi connectivity index (χ2v) is 3.08. The molecule has 0 unspecified atom stereocenters. The van der Waals surface area contributed by atoms with E-state index in [-0.39, 0.29) is 0 Å². The van der Waals surface area contributed by atoms with E-state index in [1.165, 1.54) is 0 Å². The summed E-state index contributed by atoms with van der Waals surface area (Å²) >= 11 is 0. The number of carbonyl (C=O) groups excluding carboxylic acids is 1. The van der Waals surface area contributed by atoms with Gasteiger partial charge in [0.1, 0.15) is 0 Å². The quantitative estimate of drug-likeness (QED) is 0.766. The third-order valence-electron chi connectivity index (χ3n) is 2.05. The Morgan fingerprint density at radius 2 is 2.13 bits per heavy atom. The van der Waals surface area contributed by atoms with Gasteiger partial charge in [0.05, 0.1) is 5.52 Å². The van der Waals surface area contributed by atoms with Crippen LogP contribution in [-0.2, 0) is 4.79 Å². The molecular formula is C12H10N2O. The van der Waals surface area contributed by atoms with Gasteiger partial charge in [-0.05, 0) is 23.8 Å². The van der Waals surface area contributed by atoms with Crippen LogP contribution in [-0.4, -0.2) is 11.4 Å². The lowest BCUT2D eigenvalue weighted by molar-refractivity contribution is -0.108. The zero-order chi connectivity index (χ0) is 10.5. The number of rotatable bonds is 3. The van der Waals surface area contributed by atoms with Gasteiger partial charge in [0.25, 0.3) is 0 Å². The fraction of sp³-hybridized carbons (Fsp3) is 0. The van der Waals surface area contributed by atoms with Crippen molar-refractivity contribution >= 4 is 23.4 Å². The van der Waals surface area contributed by atoms with E-state index in [0.29, 0.717) is 6.41 Å². The first kappa shape index (κ1) is 9.40. The number of benzene rings is 1. The highest BCUT2D eigenvalue weighted by Crippen LogP contribution is 2.13. The maximum absolute atomic E-state index is 10.0. The van der Waals surface area contributed by atoms with Crippen LogP contribution in [0.4, 0.5) is 0 Å². The van der Waals surface area contributed by atoms with E-state index in [1.54, 1.807) is 18.5 Å². The predicted molar refractivity (Wildman–Crippen MR) is 60.0 cm³/mol. The Hall–Kier alpha value is -2.16. The van der Waals surface area contributed by atoms with Gasteiger partial charge < -0.3 is 5.32 Å². The highest BCUT2D eigenvalue weighted by Gasteiger charge is 1.93. The number of aromatic nitrogens is 1. The number of nitrogens with one attached hydrogen (secondary N) is 1. The second-order valence-electron chi connectivity index (χ2n) is 3.08. The predicted octanol–water partition coefficient (Wildman–Crippen LogP) is 1.95. The van der Waals surface area contributed by atoms with E-state index in [1.807, 2.05) is 30.3 Å². The molecule has 15 heavy (non-hydrogen) atoms. The molecule has 0 fully saturated rings. The summed E-state index contributed by atoms with van der Waals surface area (Å²) in [5.41, 5.74) is 1.93. The SMILES string of the molecule is O=CN/C=C/c1cnc2ccccc2c1. The molecule has 0 aliphatic rings. The Bertz CT molecular complexity index is 506. The Morgan fingerprint density at radius 1 is 1.27 bits per heavy atom. The fourth-order valence-electron chi connectivity index (χ4n) is 1.36. The normalized spacial score (nSPS) is 10.7. The topological polar surface area (TPSA) is 42.0 Å². The summed E-state index contributed by atoms with van der Waals surface area (Å²) in [7, 11) is 0. The first-order valence-corrected chi connectivity index (χ1v) is 4.61. The molecule has 0 spiro atoms. The number of fused-ring (bicyclic) bond motifs is 1. The third-order valence-corrected chi connectivity index (χ3v) is 2.05. The van der Waals surface area contributed by atoms with E-state index in [0.717, 1.165) is 16.5 Å². The molecule has 3 heteroatoms. The lowest BCUT2D eigenvalue weighted by Crippen LogP contribution is -1.97. The lowest BCUT2D eigenvalue weighted by atomic mass is 10.1. The highest BCUT2D eigenvalue weighted by molar-refractivity contribution is 5.80. The number of para-hydroxylation sites is 1. The van der Waals surface area contributed by atoms with Crippen LogP contribution in [0.2, 0.25) is 0 Å². The summed E-state index contributed by atoms with van der Waals surface area (Å²) in [6, 6.07) is 9.92. The molecule has 0 aliphatic heterocycles. The molecule has 0 bridgehead atoms. The molecule has 1 heterocycles. The monoisotopic (exact) mass is 198 g/mol. The van der Waals surface area contributed by atoms with Crippen LogP contribution in [0, 0.1) is 0 Å². The van der Waals surface area contributed by atoms with E-state index in [2.05, 4.69) is 10.3 Å². The summed E-state index contributed by atoms with van der Waals surface area (Å²) in [6.07, 6.45) is 5.78. The molecule has 3 nitrogen and oxygen atoms in total. The second kappa shape index (κ2) is 4.37. The molecular weight excluding hydrogens is 188 g/mol. The molecule has 0 saturated heterocycles. The van der Waals surface area contributed by atoms with Gasteiger partial charge in [-0.15, -0.1) is 0 Å². The maximum atomic E-state index is 10.0. The Morgan fingerprint density at radius 3 is 3.00 bits per heavy atom. The Balaban J connectivity index is 2.34. The summed E-state index contributed by atoms with van der Waals surface area (Å²) in [6.45, 7) is 0. The van der Waals surface area contributed by atoms with E-state index in [4.69, 9.17) is 0 Å². The molecule has 1 N–H and O–H groups in total. The first-order chi connectivity index (χ1) is 7.40. The summed E-state index contributed by atoms with van der Waals surface area (Å²) < 4.78 is 0. The average molecular weight is 198 g/mol. The van der Waals surface area contributed by atoms with Crippen molar-refractivity contribution < 1.29 is 4.79 Å². The van der Waals surface area contributed by atoms with Gasteiger partial charge in [-0.2, -0.15) is 0 Å². The molecule has 1 aromatic carbocycles. The highest BCUT2D eigenvalue weighted by atomic mass is 16.1. The van der Waals surface area contributed by atoms with Gasteiger partial charge in [0, 0.05) is 17.8 Å². The average Bonchev–Trinajstić information content (AvgIpc) is 2.29. The van der Waals surface area contributed by atoms with Crippen molar-refractivity contribution in [1.29, 1.82) is 0 Å². The van der Waals surface area contributed by atoms with Crippen molar-refractivity contribution in [2.75, 3.05) is 0 Å². The van der Waals surface area contributed by atoms with Gasteiger partial charge in [-0.1, -0.05) is 18.2 Å². The van der Waals surface area contributed by atoms with Crippen LogP contribution >= 0.6 is 0 Å². The van der Waals surface area contributed by atoms with Crippen LogP contribution < -0.4 is 5.32 Å². The van der Waals surface area contributed by atoms with Gasteiger partial charge in [0.2, 0.25) is 6.41 Å². The zero-order valence-corrected chi connectivity index (χ0v) is 8.05. The molecule has 0 atom stereocenters. The van der Waals surface area contributed by atoms with Crippen LogP contribution in [0.15, 0.2) is 42.7 Å². The molecule has 74 valence electrons. The Labute approximate surface area is 87.4 Å². The molecule has 1 aromatic heterocycles. The van der Waals surface area contributed by atoms with Crippen molar-refractivity contribution in [3.05, 3.63) is 48.3 Å². The molecule has 1 amide bonds. The largest absolute Gasteiger partial charge is 0.335 e. The minimum atomic E-state index is 0.630. The van der Waals surface area contributed by atoms with Gasteiger partial charge in [-0.25, -0.2) is 0 Å². The van der Waals surface area contributed by atoms with Crippen molar-refractivity contribution in [1.82, 2.24) is 10.3 Å². The van der Waals surface area contributed by atoms with Crippen molar-refractivity contribution in [3.63, 3.8) is 0 Å². The number of nitrogens with zero attached hydrogens (tertiary/aromatic N) is 1. The number of amides is 1.